The van der Waals surface area contributed by atoms with E-state index in [0.29, 0.717) is 17.4 Å². The van der Waals surface area contributed by atoms with Crippen molar-refractivity contribution in [2.24, 2.45) is 11.8 Å². The van der Waals surface area contributed by atoms with Gasteiger partial charge in [0.25, 0.3) is 0 Å². The summed E-state index contributed by atoms with van der Waals surface area (Å²) in [4.78, 5) is 17.8. The summed E-state index contributed by atoms with van der Waals surface area (Å²) in [6.45, 7) is 12.4. The molecule has 118 valence electrons. The normalized spacial score (nSPS) is 11.2. The van der Waals surface area contributed by atoms with Gasteiger partial charge in [0.2, 0.25) is 0 Å². The van der Waals surface area contributed by atoms with Gasteiger partial charge in [-0.05, 0) is 37.7 Å². The first-order valence-corrected chi connectivity index (χ1v) is 7.76. The summed E-state index contributed by atoms with van der Waals surface area (Å²) in [5.74, 6) is 0.294. The number of carboxylic acid groups (broad SMARTS) is 1. The fraction of sp³-hybridized carbons (Fsp3) is 0.647. The molecule has 1 rings (SSSR count). The fourth-order valence-corrected chi connectivity index (χ4v) is 2.15. The first-order valence-electron chi connectivity index (χ1n) is 7.76. The smallest absolute Gasteiger partial charge is 0.339 e. The Hall–Kier alpha value is -1.58. The first kappa shape index (κ1) is 17.5. The number of carboxylic acids is 1. The molecule has 0 aliphatic heterocycles. The van der Waals surface area contributed by atoms with Gasteiger partial charge in [-0.3, -0.25) is 4.98 Å². The van der Waals surface area contributed by atoms with Crippen LogP contribution in [0.5, 0.6) is 0 Å². The molecule has 1 heterocycles. The number of pyridine rings is 1. The van der Waals surface area contributed by atoms with Crippen LogP contribution >= 0.6 is 0 Å². The molecule has 0 aromatic carbocycles. The predicted octanol–water partition coefficient (Wildman–Crippen LogP) is 3.99. The summed E-state index contributed by atoms with van der Waals surface area (Å²) in [7, 11) is 0. The lowest BCUT2D eigenvalue weighted by Crippen LogP contribution is -2.29. The van der Waals surface area contributed by atoms with Crippen molar-refractivity contribution in [1.29, 1.82) is 0 Å². The molecule has 0 atom stereocenters. The van der Waals surface area contributed by atoms with E-state index in [1.54, 1.807) is 0 Å². The molecule has 1 aromatic heterocycles. The van der Waals surface area contributed by atoms with Gasteiger partial charge in [0.05, 0.1) is 5.69 Å². The van der Waals surface area contributed by atoms with Gasteiger partial charge in [-0.25, -0.2) is 4.79 Å². The van der Waals surface area contributed by atoms with Crippen molar-refractivity contribution in [3.8, 4) is 0 Å². The number of aryl methyl sites for hydroxylation is 1. The maximum atomic E-state index is 11.4. The number of rotatable bonds is 8. The van der Waals surface area contributed by atoms with Crippen molar-refractivity contribution in [3.63, 3.8) is 0 Å². The Kier molecular flexibility index (Phi) is 6.66. The van der Waals surface area contributed by atoms with Crippen molar-refractivity contribution < 1.29 is 9.90 Å². The van der Waals surface area contributed by atoms with Crippen molar-refractivity contribution in [3.05, 3.63) is 23.5 Å². The lowest BCUT2D eigenvalue weighted by molar-refractivity contribution is 0.0697. The second kappa shape index (κ2) is 8.01. The van der Waals surface area contributed by atoms with Crippen LogP contribution in [0.1, 0.15) is 56.6 Å². The molecule has 0 bridgehead atoms. The molecule has 21 heavy (non-hydrogen) atoms. The van der Waals surface area contributed by atoms with Crippen LogP contribution in [0.3, 0.4) is 0 Å². The van der Waals surface area contributed by atoms with E-state index in [1.807, 2.05) is 13.0 Å². The van der Waals surface area contributed by atoms with Gasteiger partial charge in [-0.2, -0.15) is 0 Å². The van der Waals surface area contributed by atoms with E-state index in [-0.39, 0.29) is 0 Å². The molecule has 4 heteroatoms. The Morgan fingerprint density at radius 2 is 1.71 bits per heavy atom. The average molecular weight is 292 g/mol. The van der Waals surface area contributed by atoms with E-state index >= 15 is 0 Å². The number of hydrogen-bond donors (Lipinski definition) is 1. The third-order valence-corrected chi connectivity index (χ3v) is 3.54. The Morgan fingerprint density at radius 3 is 2.14 bits per heavy atom. The van der Waals surface area contributed by atoms with Gasteiger partial charge in [0, 0.05) is 25.0 Å². The molecule has 0 radical (unpaired) electrons. The monoisotopic (exact) mass is 292 g/mol. The van der Waals surface area contributed by atoms with Gasteiger partial charge >= 0.3 is 5.97 Å². The molecule has 1 aromatic rings. The van der Waals surface area contributed by atoms with E-state index in [1.165, 1.54) is 6.20 Å². The molecule has 0 saturated heterocycles. The van der Waals surface area contributed by atoms with Gasteiger partial charge in [0.1, 0.15) is 5.56 Å². The standard InChI is InChI=1S/C17H28N2O2/c1-12(2)6-8-19(9-7-13(3)4)16-10-14(5)18-11-15(16)17(20)21/h10-13H,6-9H2,1-5H3,(H,20,21). The van der Waals surface area contributed by atoms with Crippen molar-refractivity contribution in [2.75, 3.05) is 18.0 Å². The lowest BCUT2D eigenvalue weighted by Gasteiger charge is -2.28. The first-order chi connectivity index (χ1) is 9.81. The third kappa shape index (κ3) is 5.74. The minimum Gasteiger partial charge on any atom is -0.478 e. The number of aromatic nitrogens is 1. The van der Waals surface area contributed by atoms with Crippen LogP contribution in [-0.2, 0) is 0 Å². The maximum Gasteiger partial charge on any atom is 0.339 e. The second-order valence-corrected chi connectivity index (χ2v) is 6.50. The molecule has 0 aliphatic rings. The molecular formula is C17H28N2O2. The molecule has 0 aliphatic carbocycles. The Labute approximate surface area is 128 Å². The molecule has 1 N–H and O–H groups in total. The molecular weight excluding hydrogens is 264 g/mol. The van der Waals surface area contributed by atoms with Crippen molar-refractivity contribution in [2.45, 2.75) is 47.5 Å². The maximum absolute atomic E-state index is 11.4. The quantitative estimate of drug-likeness (QED) is 0.787. The van der Waals surface area contributed by atoms with Crippen molar-refractivity contribution >= 4 is 11.7 Å². The van der Waals surface area contributed by atoms with Crippen LogP contribution in [0.15, 0.2) is 12.3 Å². The van der Waals surface area contributed by atoms with Crippen LogP contribution in [-0.4, -0.2) is 29.1 Å². The Bertz CT molecular complexity index is 458. The van der Waals surface area contributed by atoms with Crippen LogP contribution in [0, 0.1) is 18.8 Å². The van der Waals surface area contributed by atoms with E-state index in [9.17, 15) is 9.90 Å². The van der Waals surface area contributed by atoms with Gasteiger partial charge in [-0.1, -0.05) is 27.7 Å². The molecule has 0 saturated carbocycles. The zero-order valence-electron chi connectivity index (χ0n) is 13.9. The topological polar surface area (TPSA) is 53.4 Å². The van der Waals surface area contributed by atoms with Gasteiger partial charge in [0.15, 0.2) is 0 Å². The summed E-state index contributed by atoms with van der Waals surface area (Å²) in [6.07, 6.45) is 3.59. The highest BCUT2D eigenvalue weighted by Crippen LogP contribution is 2.23. The largest absolute Gasteiger partial charge is 0.478 e. The van der Waals surface area contributed by atoms with Crippen LogP contribution < -0.4 is 4.90 Å². The third-order valence-electron chi connectivity index (χ3n) is 3.54. The summed E-state index contributed by atoms with van der Waals surface area (Å²) in [5, 5.41) is 9.39. The van der Waals surface area contributed by atoms with Crippen molar-refractivity contribution in [1.82, 2.24) is 4.98 Å². The predicted molar refractivity (Wildman–Crippen MR) is 87.1 cm³/mol. The SMILES string of the molecule is Cc1cc(N(CCC(C)C)CCC(C)C)c(C(=O)O)cn1. The van der Waals surface area contributed by atoms with E-state index in [0.717, 1.165) is 37.3 Å². The Balaban J connectivity index is 3.04. The summed E-state index contributed by atoms with van der Waals surface area (Å²) in [5.41, 5.74) is 1.96. The average Bonchev–Trinajstić information content (AvgIpc) is 2.37. The van der Waals surface area contributed by atoms with Crippen LogP contribution in [0.2, 0.25) is 0 Å². The number of nitrogens with zero attached hydrogens (tertiary/aromatic N) is 2. The molecule has 0 unspecified atom stereocenters. The number of anilines is 1. The molecule has 0 fully saturated rings. The van der Waals surface area contributed by atoms with Gasteiger partial charge in [-0.15, -0.1) is 0 Å². The highest BCUT2D eigenvalue weighted by atomic mass is 16.4. The zero-order chi connectivity index (χ0) is 16.0. The van der Waals surface area contributed by atoms with Crippen LogP contribution in [0.25, 0.3) is 0 Å². The minimum absolute atomic E-state index is 0.299. The number of hydrogen-bond acceptors (Lipinski definition) is 3. The van der Waals surface area contributed by atoms with E-state index in [4.69, 9.17) is 0 Å². The van der Waals surface area contributed by atoms with E-state index < -0.39 is 5.97 Å². The molecule has 4 nitrogen and oxygen atoms in total. The molecule has 0 spiro atoms. The lowest BCUT2D eigenvalue weighted by atomic mass is 10.1. The summed E-state index contributed by atoms with van der Waals surface area (Å²) < 4.78 is 0. The van der Waals surface area contributed by atoms with E-state index in [2.05, 4.69) is 37.6 Å². The second-order valence-electron chi connectivity index (χ2n) is 6.50. The highest BCUT2D eigenvalue weighted by Gasteiger charge is 2.17. The summed E-state index contributed by atoms with van der Waals surface area (Å²) in [6, 6.07) is 1.89. The van der Waals surface area contributed by atoms with Crippen LogP contribution in [0.4, 0.5) is 5.69 Å². The zero-order valence-corrected chi connectivity index (χ0v) is 13.9. The molecule has 0 amide bonds. The summed E-state index contributed by atoms with van der Waals surface area (Å²) >= 11 is 0. The minimum atomic E-state index is -0.906. The fourth-order valence-electron chi connectivity index (χ4n) is 2.15. The van der Waals surface area contributed by atoms with Gasteiger partial charge < -0.3 is 10.0 Å². The number of carbonyl (C=O) groups is 1. The Morgan fingerprint density at radius 1 is 1.19 bits per heavy atom. The highest BCUT2D eigenvalue weighted by molar-refractivity contribution is 5.94. The number of aromatic carboxylic acids is 1.